The highest BCUT2D eigenvalue weighted by atomic mass is 16.4. The molecule has 3 aromatic heterocycles. The molecular weight excluding hydrogens is 404 g/mol. The zero-order valence-electron chi connectivity index (χ0n) is 16.8. The second kappa shape index (κ2) is 7.94. The van der Waals surface area contributed by atoms with Crippen molar-refractivity contribution in [3.63, 3.8) is 0 Å². The van der Waals surface area contributed by atoms with E-state index < -0.39 is 12.0 Å². The van der Waals surface area contributed by atoms with Crippen LogP contribution in [0.5, 0.6) is 0 Å². The van der Waals surface area contributed by atoms with Crippen LogP contribution in [0.15, 0.2) is 45.9 Å². The maximum atomic E-state index is 12.8. The van der Waals surface area contributed by atoms with Gasteiger partial charge in [-0.05, 0) is 30.7 Å². The number of rotatable bonds is 7. The number of carbonyl (C=O) groups excluding carboxylic acids is 1. The van der Waals surface area contributed by atoms with Crippen molar-refractivity contribution >= 4 is 22.9 Å². The topological polar surface area (TPSA) is 148 Å². The van der Waals surface area contributed by atoms with Crippen molar-refractivity contribution in [1.82, 2.24) is 29.9 Å². The molecule has 0 aliphatic rings. The van der Waals surface area contributed by atoms with Gasteiger partial charge in [0, 0.05) is 18.2 Å². The van der Waals surface area contributed by atoms with Crippen LogP contribution in [-0.2, 0) is 13.6 Å². The predicted molar refractivity (Wildman–Crippen MR) is 109 cm³/mol. The first-order chi connectivity index (χ1) is 14.9. The minimum absolute atomic E-state index is 0.147. The Bertz CT molecular complexity index is 1330. The van der Waals surface area contributed by atoms with Gasteiger partial charge in [-0.25, -0.2) is 14.3 Å². The van der Waals surface area contributed by atoms with E-state index in [1.54, 1.807) is 37.5 Å². The Morgan fingerprint density at radius 3 is 2.87 bits per heavy atom. The van der Waals surface area contributed by atoms with Crippen LogP contribution in [0.2, 0.25) is 0 Å². The molecule has 1 atom stereocenters. The first-order valence-corrected chi connectivity index (χ1v) is 9.56. The fourth-order valence-corrected chi connectivity index (χ4v) is 3.38. The summed E-state index contributed by atoms with van der Waals surface area (Å²) in [6, 6.07) is 6.16. The number of amides is 1. The molecule has 0 aliphatic carbocycles. The minimum atomic E-state index is -1.16. The molecule has 4 aromatic rings. The number of fused-ring (bicyclic) bond motifs is 1. The van der Waals surface area contributed by atoms with Crippen LogP contribution < -0.4 is 11.0 Å². The van der Waals surface area contributed by atoms with Crippen LogP contribution in [-0.4, -0.2) is 41.5 Å². The molecule has 4 rings (SSSR count). The molecule has 0 spiro atoms. The summed E-state index contributed by atoms with van der Waals surface area (Å²) in [5.74, 6) is -1.61. The van der Waals surface area contributed by atoms with Crippen molar-refractivity contribution in [1.29, 1.82) is 0 Å². The van der Waals surface area contributed by atoms with E-state index in [0.29, 0.717) is 34.3 Å². The van der Waals surface area contributed by atoms with Gasteiger partial charge in [0.1, 0.15) is 5.69 Å². The Balaban J connectivity index is 1.50. The number of carboxylic acids is 1. The molecule has 0 aliphatic heterocycles. The van der Waals surface area contributed by atoms with Gasteiger partial charge >= 0.3 is 11.7 Å². The lowest BCUT2D eigenvalue weighted by Crippen LogP contribution is -2.28. The number of carboxylic acid groups (broad SMARTS) is 1. The lowest BCUT2D eigenvalue weighted by molar-refractivity contribution is 0.0660. The normalized spacial score (nSPS) is 12.2. The lowest BCUT2D eigenvalue weighted by atomic mass is 10.1. The van der Waals surface area contributed by atoms with Crippen LogP contribution in [0.3, 0.4) is 0 Å². The maximum absolute atomic E-state index is 12.8. The summed E-state index contributed by atoms with van der Waals surface area (Å²) in [5, 5.41) is 20.2. The molecule has 1 unspecified atom stereocenters. The third-order valence-electron chi connectivity index (χ3n) is 5.07. The number of H-pyrrole nitrogens is 1. The van der Waals surface area contributed by atoms with E-state index in [-0.39, 0.29) is 23.9 Å². The first kappa shape index (κ1) is 20.1. The maximum Gasteiger partial charge on any atom is 0.372 e. The summed E-state index contributed by atoms with van der Waals surface area (Å²) >= 11 is 0. The molecule has 0 radical (unpaired) electrons. The van der Waals surface area contributed by atoms with Crippen LogP contribution in [0.4, 0.5) is 0 Å². The van der Waals surface area contributed by atoms with Crippen molar-refractivity contribution in [2.75, 3.05) is 0 Å². The van der Waals surface area contributed by atoms with Gasteiger partial charge in [-0.2, -0.15) is 0 Å². The summed E-state index contributed by atoms with van der Waals surface area (Å²) < 4.78 is 7.93. The van der Waals surface area contributed by atoms with E-state index >= 15 is 0 Å². The summed E-state index contributed by atoms with van der Waals surface area (Å²) in [6.07, 6.45) is 3.54. The van der Waals surface area contributed by atoms with Crippen molar-refractivity contribution in [2.45, 2.75) is 25.9 Å². The third-order valence-corrected chi connectivity index (χ3v) is 5.07. The van der Waals surface area contributed by atoms with E-state index in [4.69, 9.17) is 9.52 Å². The van der Waals surface area contributed by atoms with E-state index in [0.717, 1.165) is 0 Å². The fraction of sp³-hybridized carbons (Fsp3) is 0.250. The predicted octanol–water partition coefficient (Wildman–Crippen LogP) is 1.68. The number of hydrogen-bond donors (Lipinski definition) is 3. The second-order valence-electron chi connectivity index (χ2n) is 7.08. The highest BCUT2D eigenvalue weighted by Gasteiger charge is 2.20. The number of imidazole rings is 1. The molecule has 1 aromatic carbocycles. The van der Waals surface area contributed by atoms with Gasteiger partial charge in [-0.15, -0.1) is 5.10 Å². The van der Waals surface area contributed by atoms with E-state index in [1.807, 2.05) is 6.92 Å². The quantitative estimate of drug-likeness (QED) is 0.409. The number of furan rings is 1. The number of aromatic nitrogens is 5. The number of benzene rings is 1. The molecule has 31 heavy (non-hydrogen) atoms. The van der Waals surface area contributed by atoms with Gasteiger partial charge in [0.05, 0.1) is 36.1 Å². The molecule has 0 fully saturated rings. The molecule has 11 nitrogen and oxygen atoms in total. The van der Waals surface area contributed by atoms with Crippen LogP contribution in [0.1, 0.15) is 51.6 Å². The molecular formula is C20H20N6O5. The van der Waals surface area contributed by atoms with Crippen LogP contribution >= 0.6 is 0 Å². The Morgan fingerprint density at radius 2 is 2.13 bits per heavy atom. The van der Waals surface area contributed by atoms with Crippen molar-refractivity contribution in [3.05, 3.63) is 69.8 Å². The number of carbonyl (C=O) groups is 2. The molecule has 160 valence electrons. The Morgan fingerprint density at radius 1 is 1.32 bits per heavy atom. The number of aromatic amines is 1. The minimum Gasteiger partial charge on any atom is -0.475 e. The SMILES string of the molecule is CCC(NC(=O)c1ccc2c(c1)[nH]c(=O)n2C)c1cn(Cc2ccoc2C(=O)O)nn1. The van der Waals surface area contributed by atoms with Crippen molar-refractivity contribution < 1.29 is 19.1 Å². The third kappa shape index (κ3) is 3.84. The number of hydrogen-bond acceptors (Lipinski definition) is 6. The van der Waals surface area contributed by atoms with Gasteiger partial charge < -0.3 is 19.8 Å². The van der Waals surface area contributed by atoms with Gasteiger partial charge in [-0.1, -0.05) is 12.1 Å². The summed E-state index contributed by atoms with van der Waals surface area (Å²) in [5.41, 5.74) is 2.45. The molecule has 3 N–H and O–H groups in total. The van der Waals surface area contributed by atoms with Crippen LogP contribution in [0.25, 0.3) is 11.0 Å². The Hall–Kier alpha value is -4.15. The lowest BCUT2D eigenvalue weighted by Gasteiger charge is -2.14. The Kier molecular flexibility index (Phi) is 5.15. The van der Waals surface area contributed by atoms with Gasteiger partial charge in [0.15, 0.2) is 0 Å². The average molecular weight is 424 g/mol. The molecule has 1 amide bonds. The second-order valence-corrected chi connectivity index (χ2v) is 7.08. The molecule has 0 bridgehead atoms. The summed E-state index contributed by atoms with van der Waals surface area (Å²) in [7, 11) is 1.65. The highest BCUT2D eigenvalue weighted by molar-refractivity contribution is 5.97. The number of nitrogens with zero attached hydrogens (tertiary/aromatic N) is 4. The standard InChI is InChI=1S/C20H20N6O5/c1-3-13(15-10-26(24-23-15)9-12-6-7-31-17(12)19(28)29)21-18(27)11-4-5-16-14(8-11)22-20(30)25(16)2/h4-8,10,13H,3,9H2,1-2H3,(H,21,27)(H,22,30)(H,28,29). The number of aromatic carboxylic acids is 1. The summed E-state index contributed by atoms with van der Waals surface area (Å²) in [6.45, 7) is 2.08. The van der Waals surface area contributed by atoms with Gasteiger partial charge in [-0.3, -0.25) is 9.36 Å². The fourth-order valence-electron chi connectivity index (χ4n) is 3.38. The van der Waals surface area contributed by atoms with Crippen LogP contribution in [0, 0.1) is 0 Å². The highest BCUT2D eigenvalue weighted by Crippen LogP contribution is 2.18. The van der Waals surface area contributed by atoms with Gasteiger partial charge in [0.2, 0.25) is 5.76 Å². The molecule has 0 saturated carbocycles. The zero-order valence-corrected chi connectivity index (χ0v) is 16.8. The van der Waals surface area contributed by atoms with E-state index in [1.165, 1.54) is 15.5 Å². The van der Waals surface area contributed by atoms with Crippen molar-refractivity contribution in [3.8, 4) is 0 Å². The zero-order chi connectivity index (χ0) is 22.1. The summed E-state index contributed by atoms with van der Waals surface area (Å²) in [4.78, 5) is 38.4. The van der Waals surface area contributed by atoms with Crippen molar-refractivity contribution in [2.24, 2.45) is 7.05 Å². The monoisotopic (exact) mass is 424 g/mol. The molecule has 0 saturated heterocycles. The smallest absolute Gasteiger partial charge is 0.372 e. The van der Waals surface area contributed by atoms with E-state index in [9.17, 15) is 14.4 Å². The number of aryl methyl sites for hydroxylation is 1. The number of nitrogens with one attached hydrogen (secondary N) is 2. The van der Waals surface area contributed by atoms with Gasteiger partial charge in [0.25, 0.3) is 5.91 Å². The Labute approximate surface area is 175 Å². The van der Waals surface area contributed by atoms with E-state index in [2.05, 4.69) is 20.6 Å². The first-order valence-electron chi connectivity index (χ1n) is 9.56. The average Bonchev–Trinajstić information content (AvgIpc) is 3.46. The molecule has 3 heterocycles. The largest absolute Gasteiger partial charge is 0.475 e. The molecule has 11 heteroatoms.